The largest absolute Gasteiger partial charge is 0.388 e. The number of hydrogen-bond donors (Lipinski definition) is 1. The maximum Gasteiger partial charge on any atom is 0.0880 e. The van der Waals surface area contributed by atoms with Crippen molar-refractivity contribution in [1.29, 1.82) is 0 Å². The Morgan fingerprint density at radius 1 is 1.36 bits per heavy atom. The summed E-state index contributed by atoms with van der Waals surface area (Å²) in [6.07, 6.45) is -0.463. The topological polar surface area (TPSA) is 20.2 Å². The molecule has 0 aliphatic rings. The van der Waals surface area contributed by atoms with Crippen LogP contribution in [0.1, 0.15) is 18.6 Å². The average Bonchev–Trinajstić information content (AvgIpc) is 2.18. The second-order valence-electron chi connectivity index (χ2n) is 2.85. The predicted molar refractivity (Wildman–Crippen MR) is 64.4 cm³/mol. The van der Waals surface area contributed by atoms with Gasteiger partial charge in [0.25, 0.3) is 0 Å². The first-order valence-electron chi connectivity index (χ1n) is 4.36. The zero-order chi connectivity index (χ0) is 10.6. The molecule has 1 unspecified atom stereocenters. The van der Waals surface area contributed by atoms with E-state index in [4.69, 9.17) is 23.2 Å². The molecule has 0 aliphatic carbocycles. The number of rotatable bonds is 4. The Labute approximate surface area is 98.4 Å². The molecule has 0 heterocycles. The third kappa shape index (κ3) is 3.35. The molecule has 0 saturated carbocycles. The van der Waals surface area contributed by atoms with E-state index in [2.05, 4.69) is 6.92 Å². The third-order valence-electron chi connectivity index (χ3n) is 1.81. The van der Waals surface area contributed by atoms with Gasteiger partial charge >= 0.3 is 0 Å². The standard InChI is InChI=1S/C10H12Cl2OS/c1-2-14-6-10(13)7-3-4-8(11)9(12)5-7/h3-5,10,13H,2,6H2,1H3. The van der Waals surface area contributed by atoms with Crippen LogP contribution < -0.4 is 0 Å². The highest BCUT2D eigenvalue weighted by Gasteiger charge is 2.08. The molecule has 0 saturated heterocycles. The lowest BCUT2D eigenvalue weighted by Crippen LogP contribution is -2.00. The van der Waals surface area contributed by atoms with E-state index in [-0.39, 0.29) is 0 Å². The molecule has 1 aromatic rings. The lowest BCUT2D eigenvalue weighted by atomic mass is 10.1. The van der Waals surface area contributed by atoms with Crippen molar-refractivity contribution in [3.8, 4) is 0 Å². The van der Waals surface area contributed by atoms with Crippen LogP contribution in [0.15, 0.2) is 18.2 Å². The Hall–Kier alpha value is 0.110. The van der Waals surface area contributed by atoms with Crippen molar-refractivity contribution in [2.45, 2.75) is 13.0 Å². The number of thioether (sulfide) groups is 1. The van der Waals surface area contributed by atoms with Gasteiger partial charge in [0.05, 0.1) is 16.1 Å². The van der Waals surface area contributed by atoms with Gasteiger partial charge in [-0.3, -0.25) is 0 Å². The van der Waals surface area contributed by atoms with E-state index in [1.54, 1.807) is 30.0 Å². The van der Waals surface area contributed by atoms with E-state index in [1.807, 2.05) is 0 Å². The van der Waals surface area contributed by atoms with Gasteiger partial charge in [-0.05, 0) is 23.4 Å². The Balaban J connectivity index is 2.70. The molecule has 4 heteroatoms. The number of benzene rings is 1. The second kappa shape index (κ2) is 5.86. The average molecular weight is 251 g/mol. The second-order valence-corrected chi connectivity index (χ2v) is 4.98. The van der Waals surface area contributed by atoms with Crippen molar-refractivity contribution in [1.82, 2.24) is 0 Å². The molecule has 78 valence electrons. The maximum absolute atomic E-state index is 9.74. The summed E-state index contributed by atoms with van der Waals surface area (Å²) in [4.78, 5) is 0. The van der Waals surface area contributed by atoms with E-state index >= 15 is 0 Å². The van der Waals surface area contributed by atoms with E-state index in [9.17, 15) is 5.11 Å². The summed E-state index contributed by atoms with van der Waals surface area (Å²) in [6.45, 7) is 2.06. The Morgan fingerprint density at radius 3 is 2.64 bits per heavy atom. The summed E-state index contributed by atoms with van der Waals surface area (Å²) in [5.41, 5.74) is 0.820. The van der Waals surface area contributed by atoms with Crippen molar-refractivity contribution < 1.29 is 5.11 Å². The highest BCUT2D eigenvalue weighted by Crippen LogP contribution is 2.26. The van der Waals surface area contributed by atoms with Gasteiger partial charge in [0, 0.05) is 5.75 Å². The molecule has 14 heavy (non-hydrogen) atoms. The SMILES string of the molecule is CCSCC(O)c1ccc(Cl)c(Cl)c1. The monoisotopic (exact) mass is 250 g/mol. The van der Waals surface area contributed by atoms with E-state index in [1.165, 1.54) is 0 Å². The summed E-state index contributed by atoms with van der Waals surface area (Å²) in [7, 11) is 0. The lowest BCUT2D eigenvalue weighted by Gasteiger charge is -2.10. The van der Waals surface area contributed by atoms with E-state index < -0.39 is 6.10 Å². The van der Waals surface area contributed by atoms with Gasteiger partial charge in [-0.2, -0.15) is 11.8 Å². The van der Waals surface area contributed by atoms with Crippen LogP contribution in [0.3, 0.4) is 0 Å². The summed E-state index contributed by atoms with van der Waals surface area (Å²) in [5.74, 6) is 1.69. The fourth-order valence-electron chi connectivity index (χ4n) is 1.05. The van der Waals surface area contributed by atoms with Crippen molar-refractivity contribution in [3.05, 3.63) is 33.8 Å². The smallest absolute Gasteiger partial charge is 0.0880 e. The van der Waals surface area contributed by atoms with Crippen LogP contribution in [0, 0.1) is 0 Å². The molecular weight excluding hydrogens is 239 g/mol. The molecule has 0 spiro atoms. The summed E-state index contributed by atoms with van der Waals surface area (Å²) < 4.78 is 0. The summed E-state index contributed by atoms with van der Waals surface area (Å²) >= 11 is 13.3. The van der Waals surface area contributed by atoms with Crippen molar-refractivity contribution in [3.63, 3.8) is 0 Å². The van der Waals surface area contributed by atoms with Crippen LogP contribution in [0.25, 0.3) is 0 Å². The Bertz CT molecular complexity index is 304. The zero-order valence-corrected chi connectivity index (χ0v) is 10.2. The van der Waals surface area contributed by atoms with Gasteiger partial charge in [0.15, 0.2) is 0 Å². The van der Waals surface area contributed by atoms with Crippen LogP contribution in [0.5, 0.6) is 0 Å². The first-order valence-corrected chi connectivity index (χ1v) is 6.27. The van der Waals surface area contributed by atoms with Gasteiger partial charge < -0.3 is 5.11 Å². The molecule has 1 aromatic carbocycles. The third-order valence-corrected chi connectivity index (χ3v) is 3.51. The molecule has 1 rings (SSSR count). The highest BCUT2D eigenvalue weighted by molar-refractivity contribution is 7.99. The van der Waals surface area contributed by atoms with Gasteiger partial charge in [0.1, 0.15) is 0 Å². The molecule has 0 radical (unpaired) electrons. The molecule has 0 aliphatic heterocycles. The summed E-state index contributed by atoms with van der Waals surface area (Å²) in [5, 5.41) is 10.8. The lowest BCUT2D eigenvalue weighted by molar-refractivity contribution is 0.204. The molecule has 1 nitrogen and oxygen atoms in total. The first kappa shape index (κ1) is 12.2. The number of hydrogen-bond acceptors (Lipinski definition) is 2. The normalized spacial score (nSPS) is 12.9. The number of aliphatic hydroxyl groups excluding tert-OH is 1. The highest BCUT2D eigenvalue weighted by atomic mass is 35.5. The first-order chi connectivity index (χ1) is 6.65. The molecule has 0 aromatic heterocycles. The minimum atomic E-state index is -0.463. The maximum atomic E-state index is 9.74. The molecule has 1 N–H and O–H groups in total. The van der Waals surface area contributed by atoms with Crippen molar-refractivity contribution >= 4 is 35.0 Å². The summed E-state index contributed by atoms with van der Waals surface area (Å²) in [6, 6.07) is 5.22. The van der Waals surface area contributed by atoms with Crippen molar-refractivity contribution in [2.24, 2.45) is 0 Å². The Kier molecular flexibility index (Phi) is 5.10. The van der Waals surface area contributed by atoms with Gasteiger partial charge in [-0.25, -0.2) is 0 Å². The van der Waals surface area contributed by atoms with Gasteiger partial charge in [0.2, 0.25) is 0 Å². The zero-order valence-electron chi connectivity index (χ0n) is 7.84. The van der Waals surface area contributed by atoms with Crippen LogP contribution in [-0.2, 0) is 0 Å². The van der Waals surface area contributed by atoms with Crippen LogP contribution in [0.4, 0.5) is 0 Å². The molecule has 0 amide bonds. The molecule has 1 atom stereocenters. The molecule has 0 fully saturated rings. The predicted octanol–water partition coefficient (Wildman–Crippen LogP) is 3.78. The van der Waals surface area contributed by atoms with Gasteiger partial charge in [-0.1, -0.05) is 36.2 Å². The minimum absolute atomic E-state index is 0.463. The quantitative estimate of drug-likeness (QED) is 0.878. The van der Waals surface area contributed by atoms with E-state index in [0.29, 0.717) is 15.8 Å². The number of aliphatic hydroxyl groups is 1. The van der Waals surface area contributed by atoms with Gasteiger partial charge in [-0.15, -0.1) is 0 Å². The fourth-order valence-corrected chi connectivity index (χ4v) is 2.00. The van der Waals surface area contributed by atoms with Crippen molar-refractivity contribution in [2.75, 3.05) is 11.5 Å². The fraction of sp³-hybridized carbons (Fsp3) is 0.400. The van der Waals surface area contributed by atoms with Crippen LogP contribution in [0.2, 0.25) is 10.0 Å². The molecule has 0 bridgehead atoms. The minimum Gasteiger partial charge on any atom is -0.388 e. The van der Waals surface area contributed by atoms with Crippen LogP contribution >= 0.6 is 35.0 Å². The Morgan fingerprint density at radius 2 is 2.07 bits per heavy atom. The van der Waals surface area contributed by atoms with Crippen LogP contribution in [-0.4, -0.2) is 16.6 Å². The number of halogens is 2. The molecular formula is C10H12Cl2OS. The van der Waals surface area contributed by atoms with E-state index in [0.717, 1.165) is 11.3 Å².